The zero-order valence-electron chi connectivity index (χ0n) is 16.7. The first kappa shape index (κ1) is 18.6. The molecule has 30 heavy (non-hydrogen) atoms. The third-order valence-corrected chi connectivity index (χ3v) is 5.60. The predicted octanol–water partition coefficient (Wildman–Crippen LogP) is 2.96. The second kappa shape index (κ2) is 7.75. The van der Waals surface area contributed by atoms with Crippen LogP contribution in [-0.2, 0) is 4.74 Å². The summed E-state index contributed by atoms with van der Waals surface area (Å²) in [7, 11) is 1.75. The lowest BCUT2D eigenvalue weighted by Crippen LogP contribution is -2.32. The topological polar surface area (TPSA) is 97.2 Å². The third kappa shape index (κ3) is 3.59. The summed E-state index contributed by atoms with van der Waals surface area (Å²) < 4.78 is 7.32. The van der Waals surface area contributed by atoms with E-state index in [0.29, 0.717) is 36.9 Å². The van der Waals surface area contributed by atoms with Gasteiger partial charge in [-0.1, -0.05) is 0 Å². The third-order valence-electron chi connectivity index (χ3n) is 5.60. The molecule has 1 saturated carbocycles. The summed E-state index contributed by atoms with van der Waals surface area (Å²) in [6, 6.07) is 9.85. The Hall–Kier alpha value is -3.46. The number of urea groups is 1. The number of ether oxygens (including phenoxy) is 1. The number of carbonyl (C=O) groups is 1. The SMILES string of the molecule is COC1CC(n2cc(Nc3ccnc(-c4ccc(N5CCNC5=O)cc4)n3)cn2)C1. The molecule has 1 aliphatic carbocycles. The fourth-order valence-electron chi connectivity index (χ4n) is 3.77. The number of hydrogen-bond acceptors (Lipinski definition) is 6. The molecule has 0 unspecified atom stereocenters. The first-order valence-corrected chi connectivity index (χ1v) is 10.0. The Morgan fingerprint density at radius 3 is 2.77 bits per heavy atom. The average Bonchev–Trinajstić information content (AvgIpc) is 3.37. The minimum absolute atomic E-state index is 0.0645. The summed E-state index contributed by atoms with van der Waals surface area (Å²) in [4.78, 5) is 22.5. The zero-order valence-corrected chi connectivity index (χ0v) is 16.7. The smallest absolute Gasteiger partial charge is 0.321 e. The second-order valence-corrected chi connectivity index (χ2v) is 7.51. The highest BCUT2D eigenvalue weighted by atomic mass is 16.5. The molecule has 3 aromatic rings. The van der Waals surface area contributed by atoms with E-state index in [9.17, 15) is 4.79 Å². The van der Waals surface area contributed by atoms with Gasteiger partial charge in [0.1, 0.15) is 5.82 Å². The van der Waals surface area contributed by atoms with Crippen molar-refractivity contribution in [3.63, 3.8) is 0 Å². The van der Waals surface area contributed by atoms with E-state index >= 15 is 0 Å². The van der Waals surface area contributed by atoms with E-state index in [0.717, 1.165) is 29.8 Å². The molecular formula is C21H23N7O2. The number of methoxy groups -OCH3 is 1. The Balaban J connectivity index is 1.28. The van der Waals surface area contributed by atoms with Crippen LogP contribution < -0.4 is 15.5 Å². The van der Waals surface area contributed by atoms with Gasteiger partial charge in [0.25, 0.3) is 0 Å². The monoisotopic (exact) mass is 405 g/mol. The molecule has 3 heterocycles. The fraction of sp³-hybridized carbons (Fsp3) is 0.333. The molecule has 1 saturated heterocycles. The first-order valence-electron chi connectivity index (χ1n) is 10.0. The molecule has 0 bridgehead atoms. The number of hydrogen-bond donors (Lipinski definition) is 2. The molecule has 0 spiro atoms. The number of nitrogens with zero attached hydrogens (tertiary/aromatic N) is 5. The quantitative estimate of drug-likeness (QED) is 0.654. The summed E-state index contributed by atoms with van der Waals surface area (Å²) in [5.74, 6) is 1.32. The molecule has 1 aromatic carbocycles. The maximum atomic E-state index is 11.8. The number of amides is 2. The van der Waals surface area contributed by atoms with Crippen molar-refractivity contribution < 1.29 is 9.53 Å². The molecule has 1 aliphatic heterocycles. The molecule has 2 fully saturated rings. The van der Waals surface area contributed by atoms with Gasteiger partial charge in [-0.25, -0.2) is 14.8 Å². The maximum absolute atomic E-state index is 11.8. The number of anilines is 3. The Kier molecular flexibility index (Phi) is 4.80. The fourth-order valence-corrected chi connectivity index (χ4v) is 3.77. The van der Waals surface area contributed by atoms with Crippen molar-refractivity contribution in [2.24, 2.45) is 0 Å². The zero-order chi connectivity index (χ0) is 20.5. The van der Waals surface area contributed by atoms with Gasteiger partial charge in [0.15, 0.2) is 5.82 Å². The lowest BCUT2D eigenvalue weighted by Gasteiger charge is -2.34. The molecule has 2 aromatic heterocycles. The van der Waals surface area contributed by atoms with Crippen molar-refractivity contribution in [1.29, 1.82) is 0 Å². The molecule has 2 amide bonds. The van der Waals surface area contributed by atoms with Crippen LogP contribution in [0.15, 0.2) is 48.9 Å². The lowest BCUT2D eigenvalue weighted by molar-refractivity contribution is 0.00250. The molecule has 9 heteroatoms. The van der Waals surface area contributed by atoms with Crippen LogP contribution in [0.1, 0.15) is 18.9 Å². The van der Waals surface area contributed by atoms with Crippen LogP contribution in [0.25, 0.3) is 11.4 Å². The minimum atomic E-state index is -0.0645. The highest BCUT2D eigenvalue weighted by Gasteiger charge is 2.31. The van der Waals surface area contributed by atoms with E-state index in [-0.39, 0.29) is 6.03 Å². The Bertz CT molecular complexity index is 1040. The van der Waals surface area contributed by atoms with Crippen molar-refractivity contribution in [3.8, 4) is 11.4 Å². The van der Waals surface area contributed by atoms with Gasteiger partial charge in [-0.2, -0.15) is 5.10 Å². The average molecular weight is 405 g/mol. The molecular weight excluding hydrogens is 382 g/mol. The molecule has 5 rings (SSSR count). The van der Waals surface area contributed by atoms with Crippen LogP contribution >= 0.6 is 0 Å². The van der Waals surface area contributed by atoms with E-state index < -0.39 is 0 Å². The summed E-state index contributed by atoms with van der Waals surface area (Å²) >= 11 is 0. The van der Waals surface area contributed by atoms with E-state index in [4.69, 9.17) is 4.74 Å². The van der Waals surface area contributed by atoms with Crippen LogP contribution in [0, 0.1) is 0 Å². The second-order valence-electron chi connectivity index (χ2n) is 7.51. The summed E-state index contributed by atoms with van der Waals surface area (Å²) in [5.41, 5.74) is 2.64. The summed E-state index contributed by atoms with van der Waals surface area (Å²) in [6.45, 7) is 1.34. The van der Waals surface area contributed by atoms with Gasteiger partial charge in [-0.3, -0.25) is 9.58 Å². The molecule has 2 N–H and O–H groups in total. The highest BCUT2D eigenvalue weighted by molar-refractivity contribution is 5.94. The summed E-state index contributed by atoms with van der Waals surface area (Å²) in [5, 5.41) is 10.6. The number of nitrogens with one attached hydrogen (secondary N) is 2. The van der Waals surface area contributed by atoms with Crippen molar-refractivity contribution in [3.05, 3.63) is 48.9 Å². The van der Waals surface area contributed by atoms with E-state index in [1.54, 1.807) is 24.4 Å². The number of benzene rings is 1. The molecule has 154 valence electrons. The van der Waals surface area contributed by atoms with E-state index in [2.05, 4.69) is 25.7 Å². The molecule has 9 nitrogen and oxygen atoms in total. The van der Waals surface area contributed by atoms with Crippen molar-refractivity contribution in [2.45, 2.75) is 25.0 Å². The number of carbonyl (C=O) groups excluding carboxylic acids is 1. The van der Waals surface area contributed by atoms with Gasteiger partial charge in [-0.05, 0) is 43.2 Å². The first-order chi connectivity index (χ1) is 14.7. The predicted molar refractivity (Wildman–Crippen MR) is 113 cm³/mol. The van der Waals surface area contributed by atoms with E-state index in [1.807, 2.05) is 41.2 Å². The normalized spacial score (nSPS) is 20.7. The van der Waals surface area contributed by atoms with Gasteiger partial charge >= 0.3 is 6.03 Å². The summed E-state index contributed by atoms with van der Waals surface area (Å²) in [6.07, 6.45) is 7.85. The van der Waals surface area contributed by atoms with Gasteiger partial charge in [0.05, 0.1) is 24.0 Å². The minimum Gasteiger partial charge on any atom is -0.381 e. The maximum Gasteiger partial charge on any atom is 0.321 e. The van der Waals surface area contributed by atoms with Crippen LogP contribution in [0.2, 0.25) is 0 Å². The number of aromatic nitrogens is 4. The Labute approximate surface area is 174 Å². The van der Waals surface area contributed by atoms with Crippen LogP contribution in [0.5, 0.6) is 0 Å². The largest absolute Gasteiger partial charge is 0.381 e. The highest BCUT2D eigenvalue weighted by Crippen LogP contribution is 2.34. The van der Waals surface area contributed by atoms with Gasteiger partial charge in [-0.15, -0.1) is 0 Å². The van der Waals surface area contributed by atoms with Crippen LogP contribution in [0.4, 0.5) is 22.0 Å². The lowest BCUT2D eigenvalue weighted by atomic mass is 9.89. The van der Waals surface area contributed by atoms with Gasteiger partial charge < -0.3 is 15.4 Å². The standard InChI is InChI=1S/C21H23N7O2/c1-30-18-10-17(11-18)28-13-15(12-24-28)25-19-6-7-22-20(26-19)14-2-4-16(5-3-14)27-9-8-23-21(27)29/h2-7,12-13,17-18H,8-11H2,1H3,(H,23,29)(H,22,25,26). The Morgan fingerprint density at radius 1 is 1.20 bits per heavy atom. The van der Waals surface area contributed by atoms with Crippen molar-refractivity contribution >= 4 is 23.2 Å². The molecule has 2 aliphatic rings. The van der Waals surface area contributed by atoms with Crippen LogP contribution in [0.3, 0.4) is 0 Å². The van der Waals surface area contributed by atoms with Gasteiger partial charge in [0.2, 0.25) is 0 Å². The number of rotatable bonds is 6. The van der Waals surface area contributed by atoms with Crippen molar-refractivity contribution in [2.75, 3.05) is 30.4 Å². The molecule has 0 radical (unpaired) electrons. The van der Waals surface area contributed by atoms with Gasteiger partial charge in [0, 0.05) is 43.8 Å². The molecule has 0 atom stereocenters. The van der Waals surface area contributed by atoms with Crippen molar-refractivity contribution in [1.82, 2.24) is 25.1 Å². The Morgan fingerprint density at radius 2 is 2.03 bits per heavy atom. The van der Waals surface area contributed by atoms with Crippen LogP contribution in [-0.4, -0.2) is 52.1 Å². The van der Waals surface area contributed by atoms with E-state index in [1.165, 1.54) is 0 Å².